The summed E-state index contributed by atoms with van der Waals surface area (Å²) in [5, 5.41) is 8.69. The summed E-state index contributed by atoms with van der Waals surface area (Å²) in [5.41, 5.74) is 0. The van der Waals surface area contributed by atoms with Crippen molar-refractivity contribution in [2.24, 2.45) is 0 Å². The highest BCUT2D eigenvalue weighted by molar-refractivity contribution is 7.99. The lowest BCUT2D eigenvalue weighted by molar-refractivity contribution is 0.0686. The fourth-order valence-corrected chi connectivity index (χ4v) is 3.32. The van der Waals surface area contributed by atoms with Gasteiger partial charge in [-0.2, -0.15) is 0 Å². The highest BCUT2D eigenvalue weighted by Gasteiger charge is 2.27. The second kappa shape index (κ2) is 6.18. The van der Waals surface area contributed by atoms with E-state index in [4.69, 9.17) is 18.6 Å². The normalized spacial score (nSPS) is 23.6. The van der Waals surface area contributed by atoms with E-state index in [0.717, 1.165) is 31.0 Å². The van der Waals surface area contributed by atoms with Crippen LogP contribution in [-0.2, 0) is 4.74 Å². The maximum absolute atomic E-state index is 5.85. The average molecular weight is 320 g/mol. The maximum atomic E-state index is 5.85. The molecule has 2 aromatic rings. The molecule has 1 aromatic carbocycles. The van der Waals surface area contributed by atoms with Gasteiger partial charge in [0.2, 0.25) is 6.10 Å². The van der Waals surface area contributed by atoms with Gasteiger partial charge in [-0.05, 0) is 25.0 Å². The molecule has 0 radical (unpaired) electrons. The molecule has 1 saturated heterocycles. The molecular weight excluding hydrogens is 304 g/mol. The molecule has 22 heavy (non-hydrogen) atoms. The van der Waals surface area contributed by atoms with E-state index in [2.05, 4.69) is 10.2 Å². The zero-order valence-electron chi connectivity index (χ0n) is 11.9. The lowest BCUT2D eigenvalue weighted by Crippen LogP contribution is -2.21. The molecule has 3 heterocycles. The van der Waals surface area contributed by atoms with Crippen molar-refractivity contribution in [3.63, 3.8) is 0 Å². The molecule has 2 aliphatic rings. The summed E-state index contributed by atoms with van der Waals surface area (Å²) in [4.78, 5) is 0. The van der Waals surface area contributed by atoms with Crippen molar-refractivity contribution in [1.29, 1.82) is 0 Å². The van der Waals surface area contributed by atoms with E-state index in [9.17, 15) is 0 Å². The van der Waals surface area contributed by atoms with Crippen LogP contribution in [0.25, 0.3) is 0 Å². The van der Waals surface area contributed by atoms with E-state index in [1.165, 1.54) is 11.8 Å². The largest absolute Gasteiger partial charge is 0.485 e. The van der Waals surface area contributed by atoms with E-state index in [1.807, 2.05) is 24.3 Å². The molecular formula is C15H16N2O4S. The third kappa shape index (κ3) is 2.91. The first-order chi connectivity index (χ1) is 10.9. The van der Waals surface area contributed by atoms with Gasteiger partial charge in [-0.25, -0.2) is 0 Å². The molecule has 2 atom stereocenters. The quantitative estimate of drug-likeness (QED) is 0.802. The van der Waals surface area contributed by atoms with Crippen molar-refractivity contribution in [3.05, 3.63) is 30.2 Å². The van der Waals surface area contributed by atoms with Gasteiger partial charge in [0.05, 0.1) is 6.10 Å². The number of thioether (sulfide) groups is 1. The number of para-hydroxylation sites is 2. The monoisotopic (exact) mass is 320 g/mol. The summed E-state index contributed by atoms with van der Waals surface area (Å²) in [6.45, 7) is 1.22. The Morgan fingerprint density at radius 3 is 2.95 bits per heavy atom. The van der Waals surface area contributed by atoms with Gasteiger partial charge in [0.25, 0.3) is 11.1 Å². The number of aromatic nitrogens is 2. The molecule has 0 aliphatic carbocycles. The summed E-state index contributed by atoms with van der Waals surface area (Å²) >= 11 is 1.53. The Hall–Kier alpha value is -1.73. The third-order valence-electron chi connectivity index (χ3n) is 3.62. The van der Waals surface area contributed by atoms with Crippen LogP contribution in [-0.4, -0.2) is 35.3 Å². The van der Waals surface area contributed by atoms with Crippen LogP contribution >= 0.6 is 11.8 Å². The third-order valence-corrected chi connectivity index (χ3v) is 4.57. The summed E-state index contributed by atoms with van der Waals surface area (Å²) in [6.07, 6.45) is 2.16. The molecule has 1 fully saturated rings. The van der Waals surface area contributed by atoms with Crippen LogP contribution in [0, 0.1) is 0 Å². The molecule has 116 valence electrons. The Balaban J connectivity index is 1.39. The van der Waals surface area contributed by atoms with Gasteiger partial charge >= 0.3 is 0 Å². The molecule has 4 rings (SSSR count). The van der Waals surface area contributed by atoms with E-state index < -0.39 is 0 Å². The summed E-state index contributed by atoms with van der Waals surface area (Å²) in [7, 11) is 0. The first-order valence-corrected chi connectivity index (χ1v) is 8.33. The highest BCUT2D eigenvalue weighted by Crippen LogP contribution is 2.36. The van der Waals surface area contributed by atoms with Crippen LogP contribution in [0.3, 0.4) is 0 Å². The van der Waals surface area contributed by atoms with Gasteiger partial charge in [0, 0.05) is 12.4 Å². The maximum Gasteiger partial charge on any atom is 0.276 e. The fraction of sp³-hybridized carbons (Fsp3) is 0.467. The van der Waals surface area contributed by atoms with Crippen LogP contribution in [0.2, 0.25) is 0 Å². The minimum Gasteiger partial charge on any atom is -0.485 e. The Morgan fingerprint density at radius 2 is 2.09 bits per heavy atom. The van der Waals surface area contributed by atoms with E-state index >= 15 is 0 Å². The minimum absolute atomic E-state index is 0.293. The second-order valence-electron chi connectivity index (χ2n) is 5.22. The van der Waals surface area contributed by atoms with Crippen LogP contribution in [0.4, 0.5) is 0 Å². The van der Waals surface area contributed by atoms with Gasteiger partial charge in [0.15, 0.2) is 11.5 Å². The van der Waals surface area contributed by atoms with Crippen molar-refractivity contribution < 1.29 is 18.6 Å². The summed E-state index contributed by atoms with van der Waals surface area (Å²) < 4.78 is 22.8. The van der Waals surface area contributed by atoms with Crippen LogP contribution in [0.1, 0.15) is 24.8 Å². The molecule has 0 saturated carbocycles. The molecule has 0 spiro atoms. The van der Waals surface area contributed by atoms with E-state index in [0.29, 0.717) is 29.6 Å². The van der Waals surface area contributed by atoms with Crippen molar-refractivity contribution in [2.45, 2.75) is 30.3 Å². The van der Waals surface area contributed by atoms with Gasteiger partial charge in [-0.3, -0.25) is 0 Å². The molecule has 0 N–H and O–H groups in total. The van der Waals surface area contributed by atoms with Crippen molar-refractivity contribution in [2.75, 3.05) is 19.0 Å². The molecule has 2 aliphatic heterocycles. The van der Waals surface area contributed by atoms with Gasteiger partial charge < -0.3 is 18.6 Å². The van der Waals surface area contributed by atoms with Gasteiger partial charge in [-0.15, -0.1) is 10.2 Å². The number of nitrogens with zero attached hydrogens (tertiary/aromatic N) is 2. The number of rotatable bonds is 4. The summed E-state index contributed by atoms with van der Waals surface area (Å²) in [6, 6.07) is 7.56. The number of fused-ring (bicyclic) bond motifs is 1. The topological polar surface area (TPSA) is 66.6 Å². The lowest BCUT2D eigenvalue weighted by Gasteiger charge is -2.23. The van der Waals surface area contributed by atoms with Crippen molar-refractivity contribution in [3.8, 4) is 11.5 Å². The zero-order valence-corrected chi connectivity index (χ0v) is 12.8. The van der Waals surface area contributed by atoms with Gasteiger partial charge in [0.1, 0.15) is 6.61 Å². The average Bonchev–Trinajstić information content (AvgIpc) is 3.24. The SMILES string of the molecule is c1ccc2c(c1)OC[C@H](c1nnc(SC[C@H]3CCCO3)o1)O2. The van der Waals surface area contributed by atoms with Crippen LogP contribution in [0.5, 0.6) is 11.5 Å². The van der Waals surface area contributed by atoms with Gasteiger partial charge in [-0.1, -0.05) is 23.9 Å². The number of benzene rings is 1. The number of ether oxygens (including phenoxy) is 3. The van der Waals surface area contributed by atoms with Crippen LogP contribution < -0.4 is 9.47 Å². The highest BCUT2D eigenvalue weighted by atomic mass is 32.2. The molecule has 0 amide bonds. The standard InChI is InChI=1S/C15H16N2O4S/c1-2-6-12-11(5-1)19-8-13(20-12)14-16-17-15(21-14)22-9-10-4-3-7-18-10/h1-2,5-6,10,13H,3-4,7-9H2/t10-,13-/m1/s1. The molecule has 7 heteroatoms. The first kappa shape index (κ1) is 13.9. The van der Waals surface area contributed by atoms with E-state index in [1.54, 1.807) is 0 Å². The first-order valence-electron chi connectivity index (χ1n) is 7.35. The van der Waals surface area contributed by atoms with E-state index in [-0.39, 0.29) is 6.10 Å². The Morgan fingerprint density at radius 1 is 1.18 bits per heavy atom. The van der Waals surface area contributed by atoms with Crippen molar-refractivity contribution >= 4 is 11.8 Å². The Kier molecular flexibility index (Phi) is 3.90. The smallest absolute Gasteiger partial charge is 0.276 e. The van der Waals surface area contributed by atoms with Crippen LogP contribution in [0.15, 0.2) is 33.9 Å². The number of hydrogen-bond donors (Lipinski definition) is 0. The predicted octanol–water partition coefficient (Wildman–Crippen LogP) is 2.85. The molecule has 0 unspecified atom stereocenters. The zero-order chi connectivity index (χ0) is 14.8. The van der Waals surface area contributed by atoms with Crippen molar-refractivity contribution in [1.82, 2.24) is 10.2 Å². The minimum atomic E-state index is -0.362. The lowest BCUT2D eigenvalue weighted by atomic mass is 10.2. The molecule has 0 bridgehead atoms. The Bertz CT molecular complexity index is 642. The Labute approximate surface area is 132 Å². The fourth-order valence-electron chi connectivity index (χ4n) is 2.49. The molecule has 1 aromatic heterocycles. The summed E-state index contributed by atoms with van der Waals surface area (Å²) in [5.74, 6) is 2.73. The predicted molar refractivity (Wildman–Crippen MR) is 79.3 cm³/mol. The molecule has 6 nitrogen and oxygen atoms in total. The number of hydrogen-bond acceptors (Lipinski definition) is 7. The second-order valence-corrected chi connectivity index (χ2v) is 6.19.